The number of rotatable bonds is 5. The Labute approximate surface area is 125 Å². The van der Waals surface area contributed by atoms with Gasteiger partial charge in [-0.05, 0) is 50.5 Å². The normalized spacial score (nSPS) is 21.1. The number of ether oxygens (including phenoxy) is 1. The number of carbonyl (C=O) groups excluding carboxylic acids is 1. The van der Waals surface area contributed by atoms with E-state index in [1.165, 1.54) is 0 Å². The molecule has 1 aliphatic rings. The highest BCUT2D eigenvalue weighted by molar-refractivity contribution is 5.89. The highest BCUT2D eigenvalue weighted by Gasteiger charge is 2.25. The molecule has 5 heteroatoms. The summed E-state index contributed by atoms with van der Waals surface area (Å²) in [5, 5.41) is 15.3. The van der Waals surface area contributed by atoms with Crippen LogP contribution in [0.15, 0.2) is 18.2 Å². The second kappa shape index (κ2) is 7.31. The van der Waals surface area contributed by atoms with Crippen molar-refractivity contribution in [3.63, 3.8) is 0 Å². The highest BCUT2D eigenvalue weighted by atomic mass is 16.5. The summed E-state index contributed by atoms with van der Waals surface area (Å²) in [7, 11) is 0. The lowest BCUT2D eigenvalue weighted by Gasteiger charge is -2.16. The Kier molecular flexibility index (Phi) is 5.44. The first kappa shape index (κ1) is 15.6. The predicted molar refractivity (Wildman–Crippen MR) is 82.7 cm³/mol. The lowest BCUT2D eigenvalue weighted by molar-refractivity contribution is 0.133. The van der Waals surface area contributed by atoms with Crippen LogP contribution in [0.4, 0.5) is 10.5 Å². The van der Waals surface area contributed by atoms with E-state index in [1.807, 2.05) is 32.0 Å². The van der Waals surface area contributed by atoms with Crippen LogP contribution < -0.4 is 15.4 Å². The zero-order chi connectivity index (χ0) is 15.2. The summed E-state index contributed by atoms with van der Waals surface area (Å²) in [4.78, 5) is 11.9. The third kappa shape index (κ3) is 4.36. The minimum Gasteiger partial charge on any atom is -0.494 e. The summed E-state index contributed by atoms with van der Waals surface area (Å²) in [5.41, 5.74) is 1.72. The van der Waals surface area contributed by atoms with E-state index in [9.17, 15) is 9.90 Å². The molecule has 0 aromatic heterocycles. The standard InChI is InChI=1S/C16H24N2O3/c1-3-21-15-8-7-13(9-11(15)2)18-16(20)17-10-12-5-4-6-14(12)19/h7-9,12,14,19H,3-6,10H2,1-2H3,(H2,17,18,20)/t12-,14-/m1/s1. The fourth-order valence-corrected chi connectivity index (χ4v) is 2.70. The number of hydrogen-bond acceptors (Lipinski definition) is 3. The summed E-state index contributed by atoms with van der Waals surface area (Å²) in [6.07, 6.45) is 2.57. The van der Waals surface area contributed by atoms with E-state index in [2.05, 4.69) is 10.6 Å². The molecule has 0 saturated heterocycles. The summed E-state index contributed by atoms with van der Waals surface area (Å²) in [5.74, 6) is 1.01. The first-order chi connectivity index (χ1) is 10.1. The summed E-state index contributed by atoms with van der Waals surface area (Å²) in [6.45, 7) is 5.03. The number of carbonyl (C=O) groups is 1. The van der Waals surface area contributed by atoms with E-state index in [-0.39, 0.29) is 18.1 Å². The van der Waals surface area contributed by atoms with Gasteiger partial charge in [0.05, 0.1) is 12.7 Å². The Bertz CT molecular complexity index is 490. The molecule has 116 valence electrons. The monoisotopic (exact) mass is 292 g/mol. The average molecular weight is 292 g/mol. The van der Waals surface area contributed by atoms with Crippen LogP contribution in [0.3, 0.4) is 0 Å². The molecule has 0 spiro atoms. The first-order valence-electron chi connectivity index (χ1n) is 7.56. The molecule has 1 fully saturated rings. The molecule has 1 aromatic carbocycles. The van der Waals surface area contributed by atoms with Gasteiger partial charge in [0.25, 0.3) is 0 Å². The number of benzene rings is 1. The molecule has 1 aromatic rings. The minimum atomic E-state index is -0.280. The molecular weight excluding hydrogens is 268 g/mol. The van der Waals surface area contributed by atoms with E-state index >= 15 is 0 Å². The fraction of sp³-hybridized carbons (Fsp3) is 0.562. The predicted octanol–water partition coefficient (Wildman–Crippen LogP) is 2.68. The van der Waals surface area contributed by atoms with Crippen LogP contribution >= 0.6 is 0 Å². The van der Waals surface area contributed by atoms with Crippen molar-refractivity contribution in [2.24, 2.45) is 5.92 Å². The first-order valence-corrected chi connectivity index (χ1v) is 7.56. The number of aliphatic hydroxyl groups excluding tert-OH is 1. The zero-order valence-electron chi connectivity index (χ0n) is 12.7. The summed E-state index contributed by atoms with van der Waals surface area (Å²) in [6, 6.07) is 5.32. The maximum Gasteiger partial charge on any atom is 0.319 e. The van der Waals surface area contributed by atoms with Gasteiger partial charge in [-0.1, -0.05) is 6.42 Å². The fourth-order valence-electron chi connectivity index (χ4n) is 2.70. The number of aryl methyl sites for hydroxylation is 1. The zero-order valence-corrected chi connectivity index (χ0v) is 12.7. The molecular formula is C16H24N2O3. The topological polar surface area (TPSA) is 70.6 Å². The largest absolute Gasteiger partial charge is 0.494 e. The Hall–Kier alpha value is -1.75. The van der Waals surface area contributed by atoms with Gasteiger partial charge in [0, 0.05) is 18.2 Å². The molecule has 0 aliphatic heterocycles. The number of nitrogens with one attached hydrogen (secondary N) is 2. The highest BCUT2D eigenvalue weighted by Crippen LogP contribution is 2.25. The van der Waals surface area contributed by atoms with Crippen LogP contribution in [0.5, 0.6) is 5.75 Å². The van der Waals surface area contributed by atoms with Crippen molar-refractivity contribution in [1.82, 2.24) is 5.32 Å². The Morgan fingerprint density at radius 3 is 2.86 bits per heavy atom. The van der Waals surface area contributed by atoms with Crippen molar-refractivity contribution >= 4 is 11.7 Å². The molecule has 0 unspecified atom stereocenters. The van der Waals surface area contributed by atoms with Gasteiger partial charge >= 0.3 is 6.03 Å². The van der Waals surface area contributed by atoms with Gasteiger partial charge in [-0.15, -0.1) is 0 Å². The third-order valence-corrected chi connectivity index (χ3v) is 3.88. The maximum absolute atomic E-state index is 11.9. The number of amides is 2. The van der Waals surface area contributed by atoms with Gasteiger partial charge in [0.2, 0.25) is 0 Å². The summed E-state index contributed by atoms with van der Waals surface area (Å²) >= 11 is 0. The SMILES string of the molecule is CCOc1ccc(NC(=O)NC[C@H]2CCC[C@H]2O)cc1C. The molecule has 21 heavy (non-hydrogen) atoms. The molecule has 0 bridgehead atoms. The second-order valence-corrected chi connectivity index (χ2v) is 5.51. The molecule has 0 radical (unpaired) electrons. The van der Waals surface area contributed by atoms with Gasteiger partial charge in [-0.25, -0.2) is 4.79 Å². The van der Waals surface area contributed by atoms with E-state index < -0.39 is 0 Å². The van der Waals surface area contributed by atoms with Crippen molar-refractivity contribution < 1.29 is 14.6 Å². The molecule has 5 nitrogen and oxygen atoms in total. The van der Waals surface area contributed by atoms with E-state index in [0.29, 0.717) is 13.2 Å². The lowest BCUT2D eigenvalue weighted by Crippen LogP contribution is -2.35. The van der Waals surface area contributed by atoms with Crippen LogP contribution in [0.1, 0.15) is 31.7 Å². The van der Waals surface area contributed by atoms with Gasteiger partial charge < -0.3 is 20.5 Å². The number of aliphatic hydroxyl groups is 1. The van der Waals surface area contributed by atoms with Crippen LogP contribution in [0, 0.1) is 12.8 Å². The van der Waals surface area contributed by atoms with Crippen molar-refractivity contribution in [2.75, 3.05) is 18.5 Å². The van der Waals surface area contributed by atoms with E-state index in [0.717, 1.165) is 36.3 Å². The molecule has 2 rings (SSSR count). The second-order valence-electron chi connectivity index (χ2n) is 5.51. The van der Waals surface area contributed by atoms with Crippen molar-refractivity contribution in [1.29, 1.82) is 0 Å². The van der Waals surface area contributed by atoms with Crippen LogP contribution in [-0.2, 0) is 0 Å². The number of hydrogen-bond donors (Lipinski definition) is 3. The summed E-state index contributed by atoms with van der Waals surface area (Å²) < 4.78 is 5.47. The number of anilines is 1. The molecule has 1 aliphatic carbocycles. The number of urea groups is 1. The molecule has 1 saturated carbocycles. The van der Waals surface area contributed by atoms with Gasteiger partial charge in [0.1, 0.15) is 5.75 Å². The van der Waals surface area contributed by atoms with Gasteiger partial charge in [0.15, 0.2) is 0 Å². The van der Waals surface area contributed by atoms with Crippen LogP contribution in [-0.4, -0.2) is 30.4 Å². The minimum absolute atomic E-state index is 0.179. The Balaban J connectivity index is 1.83. The molecule has 3 N–H and O–H groups in total. The average Bonchev–Trinajstić information content (AvgIpc) is 2.85. The Morgan fingerprint density at radius 1 is 1.43 bits per heavy atom. The third-order valence-electron chi connectivity index (χ3n) is 3.88. The van der Waals surface area contributed by atoms with Gasteiger partial charge in [-0.3, -0.25) is 0 Å². The van der Waals surface area contributed by atoms with Crippen LogP contribution in [0.25, 0.3) is 0 Å². The van der Waals surface area contributed by atoms with E-state index in [4.69, 9.17) is 4.74 Å². The Morgan fingerprint density at radius 2 is 2.24 bits per heavy atom. The maximum atomic E-state index is 11.9. The molecule has 0 heterocycles. The van der Waals surface area contributed by atoms with E-state index in [1.54, 1.807) is 0 Å². The smallest absolute Gasteiger partial charge is 0.319 e. The van der Waals surface area contributed by atoms with Crippen molar-refractivity contribution in [2.45, 2.75) is 39.2 Å². The lowest BCUT2D eigenvalue weighted by atomic mass is 10.1. The molecule has 2 amide bonds. The van der Waals surface area contributed by atoms with Gasteiger partial charge in [-0.2, -0.15) is 0 Å². The quantitative estimate of drug-likeness (QED) is 0.781. The van der Waals surface area contributed by atoms with Crippen molar-refractivity contribution in [3.8, 4) is 5.75 Å². The van der Waals surface area contributed by atoms with Crippen LogP contribution in [0.2, 0.25) is 0 Å². The van der Waals surface area contributed by atoms with Crippen molar-refractivity contribution in [3.05, 3.63) is 23.8 Å². The molecule has 2 atom stereocenters.